The molecule has 1 fully saturated rings. The molecule has 2 N–H and O–H groups in total. The van der Waals surface area contributed by atoms with Gasteiger partial charge in [-0.1, -0.05) is 23.7 Å². The molecule has 1 saturated carbocycles. The van der Waals surface area contributed by atoms with Crippen LogP contribution in [0.15, 0.2) is 24.3 Å². The van der Waals surface area contributed by atoms with E-state index in [1.807, 2.05) is 24.3 Å². The Bertz CT molecular complexity index is 405. The van der Waals surface area contributed by atoms with Crippen molar-refractivity contribution in [2.75, 3.05) is 6.54 Å². The first-order valence-electron chi connectivity index (χ1n) is 6.48. The van der Waals surface area contributed by atoms with Crippen LogP contribution in [0.2, 0.25) is 5.02 Å². The van der Waals surface area contributed by atoms with Crippen LogP contribution >= 0.6 is 11.6 Å². The quantitative estimate of drug-likeness (QED) is 0.745. The van der Waals surface area contributed by atoms with E-state index >= 15 is 0 Å². The van der Waals surface area contributed by atoms with Crippen molar-refractivity contribution in [3.05, 3.63) is 34.9 Å². The average molecular weight is 267 g/mol. The Morgan fingerprint density at radius 2 is 2.22 bits per heavy atom. The third-order valence-corrected chi connectivity index (χ3v) is 3.15. The van der Waals surface area contributed by atoms with Crippen molar-refractivity contribution in [2.24, 2.45) is 0 Å². The van der Waals surface area contributed by atoms with Gasteiger partial charge >= 0.3 is 0 Å². The molecule has 1 aromatic carbocycles. The van der Waals surface area contributed by atoms with E-state index in [0.29, 0.717) is 12.5 Å². The van der Waals surface area contributed by atoms with Gasteiger partial charge in [0.1, 0.15) is 0 Å². The molecule has 0 heterocycles. The summed E-state index contributed by atoms with van der Waals surface area (Å²) < 4.78 is 0. The molecule has 0 radical (unpaired) electrons. The van der Waals surface area contributed by atoms with Gasteiger partial charge in [0.25, 0.3) is 0 Å². The van der Waals surface area contributed by atoms with Gasteiger partial charge < -0.3 is 10.6 Å². The van der Waals surface area contributed by atoms with Crippen LogP contribution in [0.3, 0.4) is 0 Å². The van der Waals surface area contributed by atoms with E-state index in [4.69, 9.17) is 11.6 Å². The Hall–Kier alpha value is -1.06. The summed E-state index contributed by atoms with van der Waals surface area (Å²) in [4.78, 5) is 11.4. The largest absolute Gasteiger partial charge is 0.353 e. The summed E-state index contributed by atoms with van der Waals surface area (Å²) in [5.74, 6) is 0.182. The first-order chi connectivity index (χ1) is 8.74. The lowest BCUT2D eigenvalue weighted by Gasteiger charge is -2.06. The normalized spacial score (nSPS) is 14.5. The first-order valence-corrected chi connectivity index (χ1v) is 6.86. The highest BCUT2D eigenvalue weighted by molar-refractivity contribution is 6.30. The van der Waals surface area contributed by atoms with E-state index in [2.05, 4.69) is 10.6 Å². The van der Waals surface area contributed by atoms with Crippen molar-refractivity contribution in [3.63, 3.8) is 0 Å². The highest BCUT2D eigenvalue weighted by Gasteiger charge is 2.22. The number of hydrogen-bond acceptors (Lipinski definition) is 2. The van der Waals surface area contributed by atoms with E-state index in [9.17, 15) is 4.79 Å². The molecular formula is C14H19ClN2O. The molecule has 98 valence electrons. The molecule has 4 heteroatoms. The smallest absolute Gasteiger partial charge is 0.220 e. The number of hydrogen-bond donors (Lipinski definition) is 2. The van der Waals surface area contributed by atoms with Crippen LogP contribution in [0.5, 0.6) is 0 Å². The number of carbonyl (C=O) groups is 1. The molecule has 0 aliphatic heterocycles. The maximum atomic E-state index is 11.4. The molecule has 1 aliphatic carbocycles. The second-order valence-electron chi connectivity index (χ2n) is 4.75. The molecule has 18 heavy (non-hydrogen) atoms. The van der Waals surface area contributed by atoms with Gasteiger partial charge in [-0.2, -0.15) is 0 Å². The summed E-state index contributed by atoms with van der Waals surface area (Å²) in [6, 6.07) is 8.28. The van der Waals surface area contributed by atoms with Crippen molar-refractivity contribution in [2.45, 2.75) is 38.3 Å². The van der Waals surface area contributed by atoms with Crippen molar-refractivity contribution in [1.82, 2.24) is 10.6 Å². The molecule has 1 amide bonds. The van der Waals surface area contributed by atoms with Gasteiger partial charge in [-0.3, -0.25) is 4.79 Å². The summed E-state index contributed by atoms with van der Waals surface area (Å²) in [5.41, 5.74) is 1.17. The Morgan fingerprint density at radius 3 is 2.94 bits per heavy atom. The van der Waals surface area contributed by atoms with Crippen LogP contribution in [0.1, 0.15) is 31.2 Å². The second-order valence-corrected chi connectivity index (χ2v) is 5.19. The van der Waals surface area contributed by atoms with Gasteiger partial charge in [0.05, 0.1) is 0 Å². The zero-order valence-electron chi connectivity index (χ0n) is 10.4. The van der Waals surface area contributed by atoms with Crippen molar-refractivity contribution in [1.29, 1.82) is 0 Å². The Balaban J connectivity index is 1.54. The van der Waals surface area contributed by atoms with E-state index in [-0.39, 0.29) is 5.91 Å². The molecule has 1 aromatic rings. The van der Waals surface area contributed by atoms with Crippen LogP contribution < -0.4 is 10.6 Å². The molecule has 1 aliphatic rings. The SMILES string of the molecule is O=C(CCCNCc1cccc(Cl)c1)NC1CC1. The lowest BCUT2D eigenvalue weighted by Crippen LogP contribution is -2.26. The fourth-order valence-corrected chi connectivity index (χ4v) is 1.99. The zero-order chi connectivity index (χ0) is 12.8. The second kappa shape index (κ2) is 6.76. The van der Waals surface area contributed by atoms with Crippen LogP contribution in [0, 0.1) is 0 Å². The lowest BCUT2D eigenvalue weighted by molar-refractivity contribution is -0.121. The Kier molecular flexibility index (Phi) is 5.02. The summed E-state index contributed by atoms with van der Waals surface area (Å²) in [6.45, 7) is 1.65. The number of halogens is 1. The minimum atomic E-state index is 0.182. The van der Waals surface area contributed by atoms with E-state index in [0.717, 1.165) is 37.4 Å². The van der Waals surface area contributed by atoms with Crippen LogP contribution in [-0.4, -0.2) is 18.5 Å². The number of rotatable bonds is 7. The number of amides is 1. The molecule has 0 unspecified atom stereocenters. The predicted molar refractivity (Wildman–Crippen MR) is 73.6 cm³/mol. The van der Waals surface area contributed by atoms with Crippen LogP contribution in [-0.2, 0) is 11.3 Å². The maximum absolute atomic E-state index is 11.4. The molecule has 0 atom stereocenters. The summed E-state index contributed by atoms with van der Waals surface area (Å²) in [5, 5.41) is 7.06. The first kappa shape index (κ1) is 13.4. The molecule has 3 nitrogen and oxygen atoms in total. The summed E-state index contributed by atoms with van der Waals surface area (Å²) in [6.07, 6.45) is 3.79. The van der Waals surface area contributed by atoms with Crippen molar-refractivity contribution < 1.29 is 4.79 Å². The van der Waals surface area contributed by atoms with Crippen molar-refractivity contribution in [3.8, 4) is 0 Å². The van der Waals surface area contributed by atoms with Gasteiger partial charge in [0.15, 0.2) is 0 Å². The third-order valence-electron chi connectivity index (χ3n) is 2.92. The fraction of sp³-hybridized carbons (Fsp3) is 0.500. The zero-order valence-corrected chi connectivity index (χ0v) is 11.2. The predicted octanol–water partition coefficient (Wildman–Crippen LogP) is 2.49. The van der Waals surface area contributed by atoms with E-state index in [1.165, 1.54) is 5.56 Å². The molecular weight excluding hydrogens is 248 g/mol. The monoisotopic (exact) mass is 266 g/mol. The Labute approximate surface area is 113 Å². The minimum Gasteiger partial charge on any atom is -0.353 e. The highest BCUT2D eigenvalue weighted by Crippen LogP contribution is 2.18. The summed E-state index contributed by atoms with van der Waals surface area (Å²) >= 11 is 5.90. The molecule has 2 rings (SSSR count). The third kappa shape index (κ3) is 5.07. The average Bonchev–Trinajstić information content (AvgIpc) is 3.12. The maximum Gasteiger partial charge on any atom is 0.220 e. The van der Waals surface area contributed by atoms with Gasteiger partial charge in [-0.05, 0) is 43.5 Å². The minimum absolute atomic E-state index is 0.182. The van der Waals surface area contributed by atoms with Crippen LogP contribution in [0.4, 0.5) is 0 Å². The number of carbonyl (C=O) groups excluding carboxylic acids is 1. The number of benzene rings is 1. The highest BCUT2D eigenvalue weighted by atomic mass is 35.5. The lowest BCUT2D eigenvalue weighted by atomic mass is 10.2. The van der Waals surface area contributed by atoms with Gasteiger partial charge in [0, 0.05) is 24.0 Å². The summed E-state index contributed by atoms with van der Waals surface area (Å²) in [7, 11) is 0. The topological polar surface area (TPSA) is 41.1 Å². The Morgan fingerprint density at radius 1 is 1.39 bits per heavy atom. The van der Waals surface area contributed by atoms with Crippen LogP contribution in [0.25, 0.3) is 0 Å². The van der Waals surface area contributed by atoms with Gasteiger partial charge in [0.2, 0.25) is 5.91 Å². The van der Waals surface area contributed by atoms with E-state index in [1.54, 1.807) is 0 Å². The van der Waals surface area contributed by atoms with E-state index < -0.39 is 0 Å². The molecule has 0 saturated heterocycles. The fourth-order valence-electron chi connectivity index (χ4n) is 1.78. The molecule has 0 spiro atoms. The van der Waals surface area contributed by atoms with Gasteiger partial charge in [-0.15, -0.1) is 0 Å². The standard InChI is InChI=1S/C14H19ClN2O/c15-12-4-1-3-11(9-12)10-16-8-2-5-14(18)17-13-6-7-13/h1,3-4,9,13,16H,2,5-8,10H2,(H,17,18). The van der Waals surface area contributed by atoms with Crippen molar-refractivity contribution >= 4 is 17.5 Å². The number of nitrogens with one attached hydrogen (secondary N) is 2. The molecule has 0 aromatic heterocycles. The molecule has 0 bridgehead atoms. The van der Waals surface area contributed by atoms with Gasteiger partial charge in [-0.25, -0.2) is 0 Å².